The van der Waals surface area contributed by atoms with Crippen molar-refractivity contribution in [1.82, 2.24) is 0 Å². The molecule has 0 saturated heterocycles. The zero-order valence-electron chi connectivity index (χ0n) is 9.44. The molecule has 78 valence electrons. The Morgan fingerprint density at radius 1 is 1.21 bits per heavy atom. The maximum Gasteiger partial charge on any atom is 0.126 e. The molecule has 0 heterocycles. The van der Waals surface area contributed by atoms with Gasteiger partial charge in [-0.2, -0.15) is 0 Å². The monoisotopic (exact) mass is 212 g/mol. The number of rotatable bonds is 2. The zero-order chi connectivity index (χ0) is 10.9. The maximum absolute atomic E-state index is 6.14. The number of halogens is 1. The van der Waals surface area contributed by atoms with Crippen LogP contribution in [0.25, 0.3) is 0 Å². The van der Waals surface area contributed by atoms with Gasteiger partial charge in [0.2, 0.25) is 0 Å². The number of alkyl halides is 1. The molecule has 0 aliphatic carbocycles. The molecular formula is C12H17ClO. The molecule has 1 aromatic carbocycles. The Balaban J connectivity index is 3.47. The first-order valence-electron chi connectivity index (χ1n) is 4.77. The number of aryl methyl sites for hydroxylation is 2. The molecule has 1 aromatic rings. The van der Waals surface area contributed by atoms with Crippen LogP contribution in [0.1, 0.15) is 34.6 Å². The van der Waals surface area contributed by atoms with Gasteiger partial charge in [-0.15, -0.1) is 11.6 Å². The third-order valence-electron chi connectivity index (χ3n) is 2.64. The fourth-order valence-electron chi connectivity index (χ4n) is 1.83. The van der Waals surface area contributed by atoms with E-state index in [0.29, 0.717) is 0 Å². The summed E-state index contributed by atoms with van der Waals surface area (Å²) >= 11 is 6.14. The molecule has 0 N–H and O–H groups in total. The highest BCUT2D eigenvalue weighted by molar-refractivity contribution is 6.20. The van der Waals surface area contributed by atoms with Gasteiger partial charge in [-0.05, 0) is 44.4 Å². The van der Waals surface area contributed by atoms with Crippen LogP contribution in [0.15, 0.2) is 6.07 Å². The van der Waals surface area contributed by atoms with Gasteiger partial charge in [-0.25, -0.2) is 0 Å². The summed E-state index contributed by atoms with van der Waals surface area (Å²) in [7, 11) is 1.70. The molecule has 0 spiro atoms. The lowest BCUT2D eigenvalue weighted by molar-refractivity contribution is 0.405. The first-order valence-corrected chi connectivity index (χ1v) is 5.21. The Morgan fingerprint density at radius 3 is 2.21 bits per heavy atom. The van der Waals surface area contributed by atoms with Crippen molar-refractivity contribution in [2.24, 2.45) is 0 Å². The molecule has 0 radical (unpaired) electrons. The van der Waals surface area contributed by atoms with E-state index in [1.807, 2.05) is 6.92 Å². The lowest BCUT2D eigenvalue weighted by atomic mass is 9.97. The smallest absolute Gasteiger partial charge is 0.126 e. The van der Waals surface area contributed by atoms with Crippen molar-refractivity contribution < 1.29 is 4.74 Å². The van der Waals surface area contributed by atoms with Crippen LogP contribution in [0.4, 0.5) is 0 Å². The Hall–Kier alpha value is -0.690. The second kappa shape index (κ2) is 4.22. The lowest BCUT2D eigenvalue weighted by Crippen LogP contribution is -2.00. The van der Waals surface area contributed by atoms with E-state index in [0.717, 1.165) is 11.3 Å². The van der Waals surface area contributed by atoms with E-state index < -0.39 is 0 Å². The number of hydrogen-bond acceptors (Lipinski definition) is 1. The second-order valence-corrected chi connectivity index (χ2v) is 4.35. The van der Waals surface area contributed by atoms with Crippen LogP contribution in [-0.2, 0) is 0 Å². The van der Waals surface area contributed by atoms with Gasteiger partial charge in [0.05, 0.1) is 12.5 Å². The standard InChI is InChI=1S/C12H17ClO/c1-7-6-8(2)11(10(4)13)12(14-5)9(7)3/h6,10H,1-5H3. The first kappa shape index (κ1) is 11.4. The van der Waals surface area contributed by atoms with Crippen LogP contribution in [0.3, 0.4) is 0 Å². The van der Waals surface area contributed by atoms with Gasteiger partial charge < -0.3 is 4.74 Å². The van der Waals surface area contributed by atoms with Crippen LogP contribution in [-0.4, -0.2) is 7.11 Å². The van der Waals surface area contributed by atoms with Crippen molar-refractivity contribution >= 4 is 11.6 Å². The highest BCUT2D eigenvalue weighted by Crippen LogP contribution is 2.36. The lowest BCUT2D eigenvalue weighted by Gasteiger charge is -2.17. The minimum atomic E-state index is -0.00995. The number of ether oxygens (including phenoxy) is 1. The molecule has 1 rings (SSSR count). The molecule has 0 aliphatic heterocycles. The summed E-state index contributed by atoms with van der Waals surface area (Å²) in [6.45, 7) is 8.20. The van der Waals surface area contributed by atoms with Crippen LogP contribution in [0.2, 0.25) is 0 Å². The van der Waals surface area contributed by atoms with Crippen LogP contribution in [0, 0.1) is 20.8 Å². The van der Waals surface area contributed by atoms with Gasteiger partial charge in [-0.3, -0.25) is 0 Å². The van der Waals surface area contributed by atoms with E-state index in [-0.39, 0.29) is 5.38 Å². The van der Waals surface area contributed by atoms with Crippen molar-refractivity contribution in [3.63, 3.8) is 0 Å². The fourth-order valence-corrected chi connectivity index (χ4v) is 2.10. The molecule has 2 heteroatoms. The normalized spacial score (nSPS) is 12.7. The molecule has 1 unspecified atom stereocenters. The Morgan fingerprint density at radius 2 is 1.79 bits per heavy atom. The van der Waals surface area contributed by atoms with Crippen LogP contribution < -0.4 is 4.74 Å². The summed E-state index contributed by atoms with van der Waals surface area (Å²) in [5.41, 5.74) is 4.74. The maximum atomic E-state index is 6.14. The van der Waals surface area contributed by atoms with Gasteiger partial charge in [-0.1, -0.05) is 6.07 Å². The van der Waals surface area contributed by atoms with Crippen molar-refractivity contribution in [2.75, 3.05) is 7.11 Å². The Bertz CT molecular complexity index is 343. The quantitative estimate of drug-likeness (QED) is 0.676. The van der Waals surface area contributed by atoms with E-state index in [1.165, 1.54) is 16.7 Å². The molecule has 0 fully saturated rings. The van der Waals surface area contributed by atoms with Crippen molar-refractivity contribution in [2.45, 2.75) is 33.1 Å². The number of methoxy groups -OCH3 is 1. The van der Waals surface area contributed by atoms with Gasteiger partial charge >= 0.3 is 0 Å². The van der Waals surface area contributed by atoms with E-state index >= 15 is 0 Å². The zero-order valence-corrected chi connectivity index (χ0v) is 10.2. The predicted octanol–water partition coefficient (Wildman–Crippen LogP) is 3.92. The van der Waals surface area contributed by atoms with Crippen molar-refractivity contribution in [3.8, 4) is 5.75 Å². The van der Waals surface area contributed by atoms with Gasteiger partial charge in [0.1, 0.15) is 5.75 Å². The fraction of sp³-hybridized carbons (Fsp3) is 0.500. The molecule has 1 nitrogen and oxygen atoms in total. The molecule has 14 heavy (non-hydrogen) atoms. The molecule has 0 aliphatic rings. The molecule has 1 atom stereocenters. The number of benzene rings is 1. The van der Waals surface area contributed by atoms with Crippen molar-refractivity contribution in [3.05, 3.63) is 28.3 Å². The van der Waals surface area contributed by atoms with E-state index in [9.17, 15) is 0 Å². The minimum absolute atomic E-state index is 0.00995. The largest absolute Gasteiger partial charge is 0.496 e. The first-order chi connectivity index (χ1) is 6.49. The van der Waals surface area contributed by atoms with Crippen molar-refractivity contribution in [1.29, 1.82) is 0 Å². The minimum Gasteiger partial charge on any atom is -0.496 e. The summed E-state index contributed by atoms with van der Waals surface area (Å²) in [6, 6.07) is 2.16. The SMILES string of the molecule is COc1c(C)c(C)cc(C)c1C(C)Cl. The average molecular weight is 213 g/mol. The van der Waals surface area contributed by atoms with E-state index in [2.05, 4.69) is 26.8 Å². The van der Waals surface area contributed by atoms with Gasteiger partial charge in [0.15, 0.2) is 0 Å². The summed E-state index contributed by atoms with van der Waals surface area (Å²) < 4.78 is 5.41. The van der Waals surface area contributed by atoms with Gasteiger partial charge in [0, 0.05) is 5.56 Å². The highest BCUT2D eigenvalue weighted by Gasteiger charge is 2.15. The van der Waals surface area contributed by atoms with E-state index in [1.54, 1.807) is 7.11 Å². The summed E-state index contributed by atoms with van der Waals surface area (Å²) in [5, 5.41) is -0.00995. The van der Waals surface area contributed by atoms with Crippen LogP contribution >= 0.6 is 11.6 Å². The summed E-state index contributed by atoms with van der Waals surface area (Å²) in [5.74, 6) is 0.935. The van der Waals surface area contributed by atoms with Crippen LogP contribution in [0.5, 0.6) is 5.75 Å². The molecule has 0 bridgehead atoms. The topological polar surface area (TPSA) is 9.23 Å². The number of hydrogen-bond donors (Lipinski definition) is 0. The van der Waals surface area contributed by atoms with E-state index in [4.69, 9.17) is 16.3 Å². The third kappa shape index (κ3) is 1.88. The highest BCUT2D eigenvalue weighted by atomic mass is 35.5. The predicted molar refractivity (Wildman–Crippen MR) is 61.5 cm³/mol. The third-order valence-corrected chi connectivity index (χ3v) is 2.85. The Kier molecular flexibility index (Phi) is 3.43. The molecule has 0 amide bonds. The summed E-state index contributed by atoms with van der Waals surface area (Å²) in [6.07, 6.45) is 0. The van der Waals surface area contributed by atoms with Gasteiger partial charge in [0.25, 0.3) is 0 Å². The molecule has 0 saturated carbocycles. The average Bonchev–Trinajstić information content (AvgIpc) is 2.09. The molecular weight excluding hydrogens is 196 g/mol. The second-order valence-electron chi connectivity index (χ2n) is 3.70. The molecule has 0 aromatic heterocycles. The summed E-state index contributed by atoms with van der Waals surface area (Å²) in [4.78, 5) is 0. The Labute approximate surface area is 91.0 Å².